The Kier molecular flexibility index (Phi) is 5.23. The largest absolute Gasteiger partial charge is 0.367 e. The van der Waals surface area contributed by atoms with Gasteiger partial charge in [-0.3, -0.25) is 14.6 Å². The van der Waals surface area contributed by atoms with Gasteiger partial charge in [0.05, 0.1) is 16.4 Å². The smallest absolute Gasteiger partial charge is 0.255 e. The minimum Gasteiger partial charge on any atom is -0.367 e. The summed E-state index contributed by atoms with van der Waals surface area (Å²) in [5.41, 5.74) is 5.26. The Morgan fingerprint density at radius 1 is 1.09 bits per heavy atom. The predicted molar refractivity (Wildman–Crippen MR) is 135 cm³/mol. The number of hydrogen-bond donors (Lipinski definition) is 0. The van der Waals surface area contributed by atoms with E-state index in [2.05, 4.69) is 27.8 Å². The molecule has 3 aliphatic heterocycles. The van der Waals surface area contributed by atoms with Gasteiger partial charge in [-0.25, -0.2) is 4.98 Å². The lowest BCUT2D eigenvalue weighted by Gasteiger charge is -2.42. The molecule has 0 unspecified atom stereocenters. The number of nitrogens with zero attached hydrogens (tertiary/aromatic N) is 5. The molecule has 6 rings (SSSR count). The lowest BCUT2D eigenvalue weighted by atomic mass is 10.0. The molecule has 1 amide bonds. The van der Waals surface area contributed by atoms with Crippen molar-refractivity contribution in [1.29, 1.82) is 0 Å². The van der Waals surface area contributed by atoms with Crippen molar-refractivity contribution in [3.05, 3.63) is 88.8 Å². The fourth-order valence-electron chi connectivity index (χ4n) is 5.19. The fourth-order valence-corrected chi connectivity index (χ4v) is 5.44. The van der Waals surface area contributed by atoms with E-state index in [-0.39, 0.29) is 5.91 Å². The van der Waals surface area contributed by atoms with Crippen LogP contribution in [0.3, 0.4) is 0 Å². The van der Waals surface area contributed by atoms with Crippen molar-refractivity contribution in [2.45, 2.75) is 38.8 Å². The molecule has 1 aliphatic carbocycles. The summed E-state index contributed by atoms with van der Waals surface area (Å²) < 4.78 is 1.91. The summed E-state index contributed by atoms with van der Waals surface area (Å²) in [5, 5.41) is 0.563. The Morgan fingerprint density at radius 2 is 1.91 bits per heavy atom. The minimum atomic E-state index is -0.0739. The van der Waals surface area contributed by atoms with Gasteiger partial charge in [0.1, 0.15) is 0 Å². The SMILES string of the molecule is Cc1cn2cc(C3=CC(=O)N4C=C(N5CCN(C6CC6)[C@@H](C)C5)C=C/C4=C\C=C3)cc(Cl)c2n1. The van der Waals surface area contributed by atoms with Crippen LogP contribution in [-0.4, -0.2) is 61.7 Å². The van der Waals surface area contributed by atoms with Crippen LogP contribution in [0.1, 0.15) is 31.0 Å². The summed E-state index contributed by atoms with van der Waals surface area (Å²) in [5.74, 6) is -0.0739. The van der Waals surface area contributed by atoms with E-state index in [4.69, 9.17) is 11.6 Å². The highest BCUT2D eigenvalue weighted by Gasteiger charge is 2.36. The first-order chi connectivity index (χ1) is 16.5. The van der Waals surface area contributed by atoms with E-state index in [1.165, 1.54) is 12.8 Å². The number of rotatable bonds is 3. The average Bonchev–Trinajstić information content (AvgIpc) is 3.57. The topological polar surface area (TPSA) is 44.1 Å². The minimum absolute atomic E-state index is 0.0739. The third-order valence-electron chi connectivity index (χ3n) is 7.04. The number of allylic oxidation sites excluding steroid dienone is 6. The molecule has 34 heavy (non-hydrogen) atoms. The van der Waals surface area contributed by atoms with Crippen molar-refractivity contribution >= 4 is 28.7 Å². The van der Waals surface area contributed by atoms with Gasteiger partial charge in [0, 0.05) is 67.6 Å². The van der Waals surface area contributed by atoms with E-state index >= 15 is 0 Å². The Morgan fingerprint density at radius 3 is 2.71 bits per heavy atom. The van der Waals surface area contributed by atoms with Crippen LogP contribution in [0.5, 0.6) is 0 Å². The van der Waals surface area contributed by atoms with Gasteiger partial charge < -0.3 is 9.30 Å². The van der Waals surface area contributed by atoms with Gasteiger partial charge in [-0.05, 0) is 56.6 Å². The molecule has 2 aromatic rings. The number of amides is 1. The van der Waals surface area contributed by atoms with Gasteiger partial charge in [-0.15, -0.1) is 0 Å². The van der Waals surface area contributed by atoms with Crippen LogP contribution >= 0.6 is 11.6 Å². The van der Waals surface area contributed by atoms with Gasteiger partial charge >= 0.3 is 0 Å². The van der Waals surface area contributed by atoms with Gasteiger partial charge in [-0.2, -0.15) is 0 Å². The number of piperazine rings is 1. The summed E-state index contributed by atoms with van der Waals surface area (Å²) in [6.45, 7) is 7.30. The number of aromatic nitrogens is 2. The maximum atomic E-state index is 13.4. The third kappa shape index (κ3) is 3.91. The van der Waals surface area contributed by atoms with Crippen molar-refractivity contribution in [1.82, 2.24) is 24.1 Å². The van der Waals surface area contributed by atoms with Gasteiger partial charge in [0.2, 0.25) is 0 Å². The maximum absolute atomic E-state index is 13.4. The molecule has 1 atom stereocenters. The van der Waals surface area contributed by atoms with E-state index in [0.717, 1.165) is 59.5 Å². The van der Waals surface area contributed by atoms with Crippen molar-refractivity contribution in [2.24, 2.45) is 0 Å². The zero-order valence-corrected chi connectivity index (χ0v) is 20.2. The number of carbonyl (C=O) groups excluding carboxylic acids is 1. The van der Waals surface area contributed by atoms with E-state index in [0.29, 0.717) is 11.1 Å². The van der Waals surface area contributed by atoms with E-state index < -0.39 is 0 Å². The quantitative estimate of drug-likeness (QED) is 0.656. The molecule has 0 aromatic carbocycles. The molecular weight excluding hydrogens is 446 g/mol. The van der Waals surface area contributed by atoms with Crippen LogP contribution < -0.4 is 0 Å². The van der Waals surface area contributed by atoms with Crippen molar-refractivity contribution in [2.75, 3.05) is 19.6 Å². The molecule has 0 N–H and O–H groups in total. The summed E-state index contributed by atoms with van der Waals surface area (Å²) in [7, 11) is 0. The monoisotopic (exact) mass is 473 g/mol. The summed E-state index contributed by atoms with van der Waals surface area (Å²) in [6, 6.07) is 3.18. The summed E-state index contributed by atoms with van der Waals surface area (Å²) in [6.07, 6.45) is 20.3. The maximum Gasteiger partial charge on any atom is 0.255 e. The third-order valence-corrected chi connectivity index (χ3v) is 7.32. The van der Waals surface area contributed by atoms with E-state index in [1.807, 2.05) is 60.3 Å². The Hall–Kier alpha value is -3.09. The highest BCUT2D eigenvalue weighted by Crippen LogP contribution is 2.32. The second-order valence-electron chi connectivity index (χ2n) is 9.60. The van der Waals surface area contributed by atoms with Crippen molar-refractivity contribution in [3.63, 3.8) is 0 Å². The zero-order chi connectivity index (χ0) is 23.4. The molecule has 6 nitrogen and oxygen atoms in total. The number of fused-ring (bicyclic) bond motifs is 2. The number of hydrogen-bond acceptors (Lipinski definition) is 4. The van der Waals surface area contributed by atoms with Crippen LogP contribution in [0.2, 0.25) is 5.02 Å². The molecule has 7 heteroatoms. The normalized spacial score (nSPS) is 25.0. The highest BCUT2D eigenvalue weighted by molar-refractivity contribution is 6.33. The van der Waals surface area contributed by atoms with Gasteiger partial charge in [0.25, 0.3) is 5.91 Å². The number of carbonyl (C=O) groups is 1. The van der Waals surface area contributed by atoms with Crippen LogP contribution in [-0.2, 0) is 4.79 Å². The Bertz CT molecular complexity index is 1330. The Balaban J connectivity index is 1.28. The van der Waals surface area contributed by atoms with Crippen LogP contribution in [0.4, 0.5) is 0 Å². The first kappa shape index (κ1) is 21.4. The molecule has 0 radical (unpaired) electrons. The number of pyridine rings is 1. The first-order valence-corrected chi connectivity index (χ1v) is 12.3. The number of imidazole rings is 1. The van der Waals surface area contributed by atoms with Crippen LogP contribution in [0, 0.1) is 6.92 Å². The molecule has 0 bridgehead atoms. The molecule has 4 aliphatic rings. The standard InChI is InChI=1S/C27H28ClN5O/c1-18-14-31-16-21(12-25(28)27(31)29-18)20-4-3-5-22-8-9-24(17-33(22)26(34)13-20)30-10-11-32(19(2)15-30)23-6-7-23/h3-5,8-9,12-14,16-17,19,23H,6-7,10-11,15H2,1-2H3/b4-3?,20-13?,22-5+/t19-/m0/s1. The summed E-state index contributed by atoms with van der Waals surface area (Å²) >= 11 is 6.50. The number of aryl methyl sites for hydroxylation is 1. The molecule has 174 valence electrons. The second kappa shape index (κ2) is 8.29. The van der Waals surface area contributed by atoms with Crippen molar-refractivity contribution < 1.29 is 4.79 Å². The van der Waals surface area contributed by atoms with Gasteiger partial charge in [-0.1, -0.05) is 23.8 Å². The lowest BCUT2D eigenvalue weighted by Crippen LogP contribution is -2.52. The molecule has 2 aromatic heterocycles. The molecule has 1 saturated heterocycles. The van der Waals surface area contributed by atoms with Crippen LogP contribution in [0.15, 0.2) is 72.5 Å². The highest BCUT2D eigenvalue weighted by atomic mass is 35.5. The predicted octanol–water partition coefficient (Wildman–Crippen LogP) is 4.54. The molecule has 2 fully saturated rings. The average molecular weight is 474 g/mol. The first-order valence-electron chi connectivity index (χ1n) is 12.0. The van der Waals surface area contributed by atoms with E-state index in [9.17, 15) is 4.79 Å². The molecular formula is C27H28ClN5O. The molecule has 0 spiro atoms. The number of halogens is 1. The molecule has 5 heterocycles. The van der Waals surface area contributed by atoms with E-state index in [1.54, 1.807) is 11.0 Å². The lowest BCUT2D eigenvalue weighted by molar-refractivity contribution is -0.122. The molecule has 1 saturated carbocycles. The summed E-state index contributed by atoms with van der Waals surface area (Å²) in [4.78, 5) is 24.6. The van der Waals surface area contributed by atoms with Crippen molar-refractivity contribution in [3.8, 4) is 0 Å². The zero-order valence-electron chi connectivity index (χ0n) is 19.5. The fraction of sp³-hybridized carbons (Fsp3) is 0.333. The second-order valence-corrected chi connectivity index (χ2v) is 10.0. The van der Waals surface area contributed by atoms with Gasteiger partial charge in [0.15, 0.2) is 5.65 Å². The Labute approximate surface area is 204 Å². The van der Waals surface area contributed by atoms with Crippen LogP contribution in [0.25, 0.3) is 11.2 Å².